The Balaban J connectivity index is 1.80. The van der Waals surface area contributed by atoms with Crippen molar-refractivity contribution >= 4 is 0 Å². The van der Waals surface area contributed by atoms with Gasteiger partial charge in [-0.15, -0.1) is 0 Å². The number of nitrogens with two attached hydrogens (primary N) is 1. The molecule has 0 unspecified atom stereocenters. The number of piperidine rings is 1. The third-order valence-electron chi connectivity index (χ3n) is 3.79. The molecule has 0 saturated carbocycles. The Labute approximate surface area is 125 Å². The van der Waals surface area contributed by atoms with Crippen LogP contribution in [0.3, 0.4) is 0 Å². The van der Waals surface area contributed by atoms with Crippen LogP contribution < -0.4 is 5.73 Å². The summed E-state index contributed by atoms with van der Waals surface area (Å²) >= 11 is 0. The van der Waals surface area contributed by atoms with Gasteiger partial charge < -0.3 is 10.5 Å². The summed E-state index contributed by atoms with van der Waals surface area (Å²) in [5.74, 6) is -0.451. The SMILES string of the molecule is N#Cc1cc(CN2CCC(OCCCN)CC2)ccc1F. The molecule has 21 heavy (non-hydrogen) atoms. The summed E-state index contributed by atoms with van der Waals surface area (Å²) < 4.78 is 19.1. The second-order valence-electron chi connectivity index (χ2n) is 5.41. The Hall–Kier alpha value is -1.48. The highest BCUT2D eigenvalue weighted by atomic mass is 19.1. The molecule has 114 valence electrons. The van der Waals surface area contributed by atoms with E-state index >= 15 is 0 Å². The molecule has 5 heteroatoms. The third-order valence-corrected chi connectivity index (χ3v) is 3.79. The normalized spacial score (nSPS) is 16.8. The second kappa shape index (κ2) is 8.08. The summed E-state index contributed by atoms with van der Waals surface area (Å²) in [5, 5.41) is 8.86. The molecule has 1 fully saturated rings. The van der Waals surface area contributed by atoms with Gasteiger partial charge in [-0.05, 0) is 43.5 Å². The number of hydrogen-bond donors (Lipinski definition) is 1. The van der Waals surface area contributed by atoms with Gasteiger partial charge in [0.2, 0.25) is 0 Å². The van der Waals surface area contributed by atoms with Gasteiger partial charge in [-0.2, -0.15) is 5.26 Å². The van der Waals surface area contributed by atoms with Gasteiger partial charge in [0.1, 0.15) is 11.9 Å². The topological polar surface area (TPSA) is 62.3 Å². The van der Waals surface area contributed by atoms with Gasteiger partial charge in [-0.25, -0.2) is 4.39 Å². The van der Waals surface area contributed by atoms with Crippen LogP contribution in [0, 0.1) is 17.1 Å². The van der Waals surface area contributed by atoms with E-state index in [1.807, 2.05) is 6.07 Å². The van der Waals surface area contributed by atoms with Crippen molar-refractivity contribution in [1.82, 2.24) is 4.90 Å². The summed E-state index contributed by atoms with van der Waals surface area (Å²) in [6.45, 7) is 4.10. The van der Waals surface area contributed by atoms with E-state index in [0.717, 1.165) is 51.1 Å². The number of likely N-dealkylation sites (tertiary alicyclic amines) is 1. The monoisotopic (exact) mass is 291 g/mol. The fourth-order valence-corrected chi connectivity index (χ4v) is 2.58. The molecule has 0 atom stereocenters. The van der Waals surface area contributed by atoms with Gasteiger partial charge >= 0.3 is 0 Å². The highest BCUT2D eigenvalue weighted by Crippen LogP contribution is 2.17. The maximum Gasteiger partial charge on any atom is 0.140 e. The molecule has 1 aromatic rings. The van der Waals surface area contributed by atoms with Crippen LogP contribution in [0.1, 0.15) is 30.4 Å². The van der Waals surface area contributed by atoms with Crippen molar-refractivity contribution in [2.75, 3.05) is 26.2 Å². The van der Waals surface area contributed by atoms with Gasteiger partial charge in [0.05, 0.1) is 11.7 Å². The van der Waals surface area contributed by atoms with E-state index in [9.17, 15) is 4.39 Å². The Morgan fingerprint density at radius 3 is 2.81 bits per heavy atom. The Morgan fingerprint density at radius 1 is 1.38 bits per heavy atom. The first-order valence-electron chi connectivity index (χ1n) is 7.45. The molecule has 0 aliphatic carbocycles. The number of benzene rings is 1. The van der Waals surface area contributed by atoms with Crippen LogP contribution in [0.25, 0.3) is 0 Å². The quantitative estimate of drug-likeness (QED) is 0.815. The molecule has 0 spiro atoms. The molecule has 0 radical (unpaired) electrons. The van der Waals surface area contributed by atoms with Crippen LogP contribution in [0.15, 0.2) is 18.2 Å². The van der Waals surface area contributed by atoms with Crippen LogP contribution in [-0.2, 0) is 11.3 Å². The zero-order valence-electron chi connectivity index (χ0n) is 12.2. The van der Waals surface area contributed by atoms with Gasteiger partial charge in [-0.1, -0.05) is 6.07 Å². The minimum atomic E-state index is -0.451. The third kappa shape index (κ3) is 4.78. The fraction of sp³-hybridized carbons (Fsp3) is 0.562. The molecule has 4 nitrogen and oxygen atoms in total. The maximum absolute atomic E-state index is 13.3. The molecule has 0 amide bonds. The zero-order valence-corrected chi connectivity index (χ0v) is 12.2. The Morgan fingerprint density at radius 2 is 2.14 bits per heavy atom. The lowest BCUT2D eigenvalue weighted by atomic mass is 10.1. The summed E-state index contributed by atoms with van der Waals surface area (Å²) in [6.07, 6.45) is 3.26. The number of ether oxygens (including phenoxy) is 1. The van der Waals surface area contributed by atoms with E-state index in [-0.39, 0.29) is 5.56 Å². The molecule has 2 N–H and O–H groups in total. The average Bonchev–Trinajstić information content (AvgIpc) is 2.51. The fourth-order valence-electron chi connectivity index (χ4n) is 2.58. The molecular formula is C16H22FN3O. The summed E-state index contributed by atoms with van der Waals surface area (Å²) in [7, 11) is 0. The second-order valence-corrected chi connectivity index (χ2v) is 5.41. The first kappa shape index (κ1) is 15.9. The van der Waals surface area contributed by atoms with E-state index in [2.05, 4.69) is 4.90 Å². The predicted octanol–water partition coefficient (Wildman–Crippen LogP) is 2.03. The Bertz CT molecular complexity index is 493. The maximum atomic E-state index is 13.3. The predicted molar refractivity (Wildman–Crippen MR) is 79.0 cm³/mol. The highest BCUT2D eigenvalue weighted by Gasteiger charge is 2.19. The number of halogens is 1. The van der Waals surface area contributed by atoms with Crippen molar-refractivity contribution < 1.29 is 9.13 Å². The smallest absolute Gasteiger partial charge is 0.140 e. The number of nitriles is 1. The van der Waals surface area contributed by atoms with Gasteiger partial charge in [0.25, 0.3) is 0 Å². The van der Waals surface area contributed by atoms with Crippen molar-refractivity contribution in [2.24, 2.45) is 5.73 Å². The zero-order chi connectivity index (χ0) is 15.1. The molecule has 1 aliphatic rings. The van der Waals surface area contributed by atoms with Crippen LogP contribution in [-0.4, -0.2) is 37.2 Å². The molecular weight excluding hydrogens is 269 g/mol. The lowest BCUT2D eigenvalue weighted by Crippen LogP contribution is -2.36. The molecule has 0 bridgehead atoms. The number of rotatable bonds is 6. The van der Waals surface area contributed by atoms with Gasteiger partial charge in [0.15, 0.2) is 0 Å². The summed E-state index contributed by atoms with van der Waals surface area (Å²) in [4.78, 5) is 2.32. The molecule has 0 aromatic heterocycles. The molecule has 1 heterocycles. The van der Waals surface area contributed by atoms with E-state index in [0.29, 0.717) is 12.6 Å². The lowest BCUT2D eigenvalue weighted by molar-refractivity contribution is 0.00563. The minimum Gasteiger partial charge on any atom is -0.378 e. The largest absolute Gasteiger partial charge is 0.378 e. The van der Waals surface area contributed by atoms with Crippen LogP contribution >= 0.6 is 0 Å². The van der Waals surface area contributed by atoms with E-state index < -0.39 is 5.82 Å². The molecule has 1 aliphatic heterocycles. The summed E-state index contributed by atoms with van der Waals surface area (Å²) in [6, 6.07) is 6.64. The molecule has 2 rings (SSSR count). The minimum absolute atomic E-state index is 0.118. The van der Waals surface area contributed by atoms with Gasteiger partial charge in [-0.3, -0.25) is 4.90 Å². The highest BCUT2D eigenvalue weighted by molar-refractivity contribution is 5.34. The van der Waals surface area contributed by atoms with Crippen molar-refractivity contribution in [3.8, 4) is 6.07 Å². The Kier molecular flexibility index (Phi) is 6.12. The van der Waals surface area contributed by atoms with E-state index in [1.54, 1.807) is 12.1 Å². The van der Waals surface area contributed by atoms with Crippen molar-refractivity contribution in [3.05, 3.63) is 35.1 Å². The van der Waals surface area contributed by atoms with E-state index in [4.69, 9.17) is 15.7 Å². The number of hydrogen-bond acceptors (Lipinski definition) is 4. The van der Waals surface area contributed by atoms with Crippen LogP contribution in [0.4, 0.5) is 4.39 Å². The average molecular weight is 291 g/mol. The van der Waals surface area contributed by atoms with Crippen LogP contribution in [0.2, 0.25) is 0 Å². The van der Waals surface area contributed by atoms with Crippen molar-refractivity contribution in [1.29, 1.82) is 5.26 Å². The standard InChI is InChI=1S/C16H22FN3O/c17-16-3-2-13(10-14(16)11-19)12-20-7-4-15(5-8-20)21-9-1-6-18/h2-3,10,15H,1,4-9,12,18H2. The van der Waals surface area contributed by atoms with Crippen molar-refractivity contribution in [3.63, 3.8) is 0 Å². The molecule has 1 saturated heterocycles. The number of nitrogens with zero attached hydrogens (tertiary/aromatic N) is 2. The first-order valence-corrected chi connectivity index (χ1v) is 7.45. The van der Waals surface area contributed by atoms with E-state index in [1.165, 1.54) is 6.07 Å². The summed E-state index contributed by atoms with van der Waals surface area (Å²) in [5.41, 5.74) is 6.55. The first-order chi connectivity index (χ1) is 10.2. The molecule has 1 aromatic carbocycles. The van der Waals surface area contributed by atoms with Crippen molar-refractivity contribution in [2.45, 2.75) is 31.9 Å². The lowest BCUT2D eigenvalue weighted by Gasteiger charge is -2.32. The van der Waals surface area contributed by atoms with Gasteiger partial charge in [0, 0.05) is 26.2 Å². The van der Waals surface area contributed by atoms with Crippen LogP contribution in [0.5, 0.6) is 0 Å².